The number of aromatic nitrogens is 4. The van der Waals surface area contributed by atoms with Gasteiger partial charge in [-0.05, 0) is 61.7 Å². The molecule has 1 saturated heterocycles. The van der Waals surface area contributed by atoms with Crippen LogP contribution in [0.3, 0.4) is 0 Å². The molecule has 5 rings (SSSR count). The van der Waals surface area contributed by atoms with Crippen LogP contribution in [0.1, 0.15) is 24.0 Å². The van der Waals surface area contributed by atoms with Gasteiger partial charge in [-0.3, -0.25) is 9.88 Å². The number of H-pyrrole nitrogens is 1. The van der Waals surface area contributed by atoms with Crippen LogP contribution in [0.5, 0.6) is 0 Å². The van der Waals surface area contributed by atoms with Crippen LogP contribution in [0, 0.1) is 11.3 Å². The lowest BCUT2D eigenvalue weighted by Crippen LogP contribution is -2.47. The van der Waals surface area contributed by atoms with Crippen molar-refractivity contribution in [3.8, 4) is 17.3 Å². The van der Waals surface area contributed by atoms with E-state index in [0.717, 1.165) is 73.9 Å². The lowest BCUT2D eigenvalue weighted by atomic mass is 10.1. The number of nitrogens with zero attached hydrogens (tertiary/aromatic N) is 6. The number of hydrogen-bond donors (Lipinski definition) is 1. The van der Waals surface area contributed by atoms with Crippen LogP contribution in [0.25, 0.3) is 22.2 Å². The first-order chi connectivity index (χ1) is 16.3. The van der Waals surface area contributed by atoms with Crippen LogP contribution in [0.15, 0.2) is 61.2 Å². The van der Waals surface area contributed by atoms with E-state index in [-0.39, 0.29) is 0 Å². The highest BCUT2D eigenvalue weighted by molar-refractivity contribution is 5.84. The van der Waals surface area contributed by atoms with Gasteiger partial charge in [-0.25, -0.2) is 9.97 Å². The molecule has 1 fully saturated rings. The summed E-state index contributed by atoms with van der Waals surface area (Å²) >= 11 is 0. The molecule has 4 aromatic rings. The first-order valence-corrected chi connectivity index (χ1v) is 11.5. The van der Waals surface area contributed by atoms with E-state index in [1.54, 1.807) is 6.20 Å². The Bertz CT molecular complexity index is 1230. The lowest BCUT2D eigenvalue weighted by molar-refractivity contribution is 0.252. The molecule has 1 aromatic carbocycles. The molecule has 0 saturated carbocycles. The SMILES string of the molecule is N#Cc1ccc2[nH]cc(CCCCN3CCN(c4ncc(-c5ccccn5)cn4)CC3)c2c1. The molecule has 1 aliphatic rings. The van der Waals surface area contributed by atoms with E-state index in [9.17, 15) is 0 Å². The lowest BCUT2D eigenvalue weighted by Gasteiger charge is -2.34. The van der Waals surface area contributed by atoms with Crippen LogP contribution in [-0.2, 0) is 6.42 Å². The zero-order valence-electron chi connectivity index (χ0n) is 18.6. The summed E-state index contributed by atoms with van der Waals surface area (Å²) in [7, 11) is 0. The van der Waals surface area contributed by atoms with Crippen molar-refractivity contribution in [2.75, 3.05) is 37.6 Å². The van der Waals surface area contributed by atoms with Crippen molar-refractivity contribution >= 4 is 16.9 Å². The number of anilines is 1. The Labute approximate surface area is 193 Å². The third-order valence-electron chi connectivity index (χ3n) is 6.32. The zero-order chi connectivity index (χ0) is 22.5. The summed E-state index contributed by atoms with van der Waals surface area (Å²) < 4.78 is 0. The van der Waals surface area contributed by atoms with E-state index in [4.69, 9.17) is 5.26 Å². The highest BCUT2D eigenvalue weighted by atomic mass is 15.3. The molecule has 7 nitrogen and oxygen atoms in total. The molecule has 3 aromatic heterocycles. The van der Waals surface area contributed by atoms with Crippen molar-refractivity contribution in [3.05, 3.63) is 72.3 Å². The summed E-state index contributed by atoms with van der Waals surface area (Å²) in [6, 6.07) is 13.9. The maximum absolute atomic E-state index is 9.16. The number of aryl methyl sites for hydroxylation is 1. The van der Waals surface area contributed by atoms with Crippen molar-refractivity contribution in [2.24, 2.45) is 0 Å². The van der Waals surface area contributed by atoms with Gasteiger partial charge in [0.25, 0.3) is 0 Å². The van der Waals surface area contributed by atoms with E-state index in [1.165, 1.54) is 17.4 Å². The minimum Gasteiger partial charge on any atom is -0.361 e. The number of hydrogen-bond acceptors (Lipinski definition) is 6. The average Bonchev–Trinajstić information content (AvgIpc) is 3.29. The van der Waals surface area contributed by atoms with E-state index < -0.39 is 0 Å². The minimum atomic E-state index is 0.719. The van der Waals surface area contributed by atoms with Crippen LogP contribution >= 0.6 is 0 Å². The Morgan fingerprint density at radius 2 is 1.82 bits per heavy atom. The number of benzene rings is 1. The number of piperazine rings is 1. The Hall–Kier alpha value is -3.76. The largest absolute Gasteiger partial charge is 0.361 e. The molecule has 0 radical (unpaired) electrons. The van der Waals surface area contributed by atoms with E-state index >= 15 is 0 Å². The molecule has 0 unspecified atom stereocenters. The predicted octanol–water partition coefficient (Wildman–Crippen LogP) is 4.04. The topological polar surface area (TPSA) is 84.7 Å². The van der Waals surface area contributed by atoms with Crippen molar-refractivity contribution in [3.63, 3.8) is 0 Å². The second-order valence-electron chi connectivity index (χ2n) is 8.46. The number of nitriles is 1. The monoisotopic (exact) mass is 437 g/mol. The Balaban J connectivity index is 1.07. The van der Waals surface area contributed by atoms with Crippen molar-refractivity contribution in [1.29, 1.82) is 5.26 Å². The average molecular weight is 438 g/mol. The van der Waals surface area contributed by atoms with Gasteiger partial charge >= 0.3 is 0 Å². The molecule has 4 heterocycles. The van der Waals surface area contributed by atoms with E-state index in [1.807, 2.05) is 48.8 Å². The fourth-order valence-corrected chi connectivity index (χ4v) is 4.43. The molecule has 0 aliphatic carbocycles. The second kappa shape index (κ2) is 9.80. The fourth-order valence-electron chi connectivity index (χ4n) is 4.43. The van der Waals surface area contributed by atoms with Crippen molar-refractivity contribution in [2.45, 2.75) is 19.3 Å². The molecule has 0 spiro atoms. The summed E-state index contributed by atoms with van der Waals surface area (Å²) in [5.41, 5.74) is 4.97. The number of rotatable bonds is 7. The number of pyridine rings is 1. The minimum absolute atomic E-state index is 0.719. The van der Waals surface area contributed by atoms with E-state index in [0.29, 0.717) is 0 Å². The molecule has 7 heteroatoms. The highest BCUT2D eigenvalue weighted by Gasteiger charge is 2.18. The normalized spacial score (nSPS) is 14.5. The first kappa shape index (κ1) is 21.1. The van der Waals surface area contributed by atoms with Gasteiger partial charge in [-0.1, -0.05) is 6.07 Å². The maximum Gasteiger partial charge on any atom is 0.225 e. The first-order valence-electron chi connectivity index (χ1n) is 11.5. The highest BCUT2D eigenvalue weighted by Crippen LogP contribution is 2.22. The molecular weight excluding hydrogens is 410 g/mol. The van der Waals surface area contributed by atoms with Crippen molar-refractivity contribution in [1.82, 2.24) is 24.8 Å². The molecule has 166 valence electrons. The Kier molecular flexibility index (Phi) is 6.27. The summed E-state index contributed by atoms with van der Waals surface area (Å²) in [6.45, 7) is 5.07. The van der Waals surface area contributed by atoms with Crippen LogP contribution in [0.2, 0.25) is 0 Å². The molecule has 0 amide bonds. The molecule has 33 heavy (non-hydrogen) atoms. The van der Waals surface area contributed by atoms with Gasteiger partial charge in [0, 0.05) is 67.4 Å². The van der Waals surface area contributed by atoms with Crippen molar-refractivity contribution < 1.29 is 0 Å². The van der Waals surface area contributed by atoms with Crippen LogP contribution < -0.4 is 4.90 Å². The van der Waals surface area contributed by atoms with Gasteiger partial charge in [0.1, 0.15) is 0 Å². The number of nitrogens with one attached hydrogen (secondary N) is 1. The molecular formula is C26H27N7. The zero-order valence-corrected chi connectivity index (χ0v) is 18.6. The number of aromatic amines is 1. The Morgan fingerprint density at radius 1 is 0.970 bits per heavy atom. The number of fused-ring (bicyclic) bond motifs is 1. The van der Waals surface area contributed by atoms with Crippen LogP contribution in [-0.4, -0.2) is 57.6 Å². The van der Waals surface area contributed by atoms with Gasteiger partial charge in [-0.15, -0.1) is 0 Å². The third-order valence-corrected chi connectivity index (χ3v) is 6.32. The maximum atomic E-state index is 9.16. The quantitative estimate of drug-likeness (QED) is 0.439. The third kappa shape index (κ3) is 4.86. The summed E-state index contributed by atoms with van der Waals surface area (Å²) in [4.78, 5) is 21.6. The molecule has 1 aliphatic heterocycles. The summed E-state index contributed by atoms with van der Waals surface area (Å²) in [5.74, 6) is 0.797. The summed E-state index contributed by atoms with van der Waals surface area (Å²) in [6.07, 6.45) is 10.9. The smallest absolute Gasteiger partial charge is 0.225 e. The molecule has 0 bridgehead atoms. The van der Waals surface area contributed by atoms with Gasteiger partial charge in [0.2, 0.25) is 5.95 Å². The van der Waals surface area contributed by atoms with Gasteiger partial charge < -0.3 is 9.88 Å². The van der Waals surface area contributed by atoms with Gasteiger partial charge in [-0.2, -0.15) is 5.26 Å². The standard InChI is InChI=1S/C26H27N7/c27-16-20-7-8-25-23(15-20)21(17-29-25)5-2-4-10-32-11-13-33(14-12-32)26-30-18-22(19-31-26)24-6-1-3-9-28-24/h1,3,6-9,15,17-19,29H,2,4-5,10-14H2. The number of unbranched alkanes of at least 4 members (excludes halogenated alkanes) is 1. The Morgan fingerprint density at radius 3 is 2.58 bits per heavy atom. The molecule has 0 atom stereocenters. The van der Waals surface area contributed by atoms with Crippen LogP contribution in [0.4, 0.5) is 5.95 Å². The summed E-state index contributed by atoms with van der Waals surface area (Å²) in [5, 5.41) is 10.3. The fraction of sp³-hybridized carbons (Fsp3) is 0.308. The van der Waals surface area contributed by atoms with Gasteiger partial charge in [0.05, 0.1) is 17.3 Å². The predicted molar refractivity (Wildman–Crippen MR) is 130 cm³/mol. The van der Waals surface area contributed by atoms with E-state index in [2.05, 4.69) is 42.0 Å². The molecule has 1 N–H and O–H groups in total. The van der Waals surface area contributed by atoms with Gasteiger partial charge in [0.15, 0.2) is 0 Å². The second-order valence-corrected chi connectivity index (χ2v) is 8.46.